The molecule has 1 amide bonds. The van der Waals surface area contributed by atoms with Crippen LogP contribution in [0.15, 0.2) is 23.1 Å². The number of carbonyl (C=O) groups excluding carboxylic acids is 1. The first kappa shape index (κ1) is 17.9. The number of nitrogens with one attached hydrogen (secondary N) is 1. The lowest BCUT2D eigenvalue weighted by Crippen LogP contribution is -2.63. The molecule has 1 aromatic rings. The number of rotatable bonds is 4. The quantitative estimate of drug-likeness (QED) is 0.829. The number of primary sulfonamides is 1. The molecule has 0 aromatic heterocycles. The number of carbonyl (C=O) groups is 1. The summed E-state index contributed by atoms with van der Waals surface area (Å²) in [6, 6.07) is 2.99. The maximum atomic E-state index is 14.1. The highest BCUT2D eigenvalue weighted by molar-refractivity contribution is 7.89. The zero-order valence-electron chi connectivity index (χ0n) is 14.4. The van der Waals surface area contributed by atoms with E-state index in [-0.39, 0.29) is 34.4 Å². The van der Waals surface area contributed by atoms with E-state index in [1.165, 1.54) is 12.8 Å². The molecule has 3 aliphatic rings. The van der Waals surface area contributed by atoms with Crippen LogP contribution in [0.25, 0.3) is 0 Å². The second-order valence-corrected chi connectivity index (χ2v) is 9.16. The van der Waals surface area contributed by atoms with Crippen molar-refractivity contribution in [2.75, 3.05) is 6.61 Å². The largest absolute Gasteiger partial charge is 0.377 e. The lowest BCUT2D eigenvalue weighted by Gasteiger charge is -2.50. The second kappa shape index (κ2) is 6.58. The Morgan fingerprint density at radius 3 is 2.65 bits per heavy atom. The normalized spacial score (nSPS) is 31.5. The van der Waals surface area contributed by atoms with Crippen LogP contribution < -0.4 is 10.5 Å². The Morgan fingerprint density at radius 2 is 1.96 bits per heavy atom. The first-order valence-electron chi connectivity index (χ1n) is 9.11. The van der Waals surface area contributed by atoms with Gasteiger partial charge in [0.05, 0.1) is 16.6 Å². The van der Waals surface area contributed by atoms with Gasteiger partial charge in [-0.3, -0.25) is 4.79 Å². The number of amides is 1. The molecule has 2 saturated carbocycles. The molecule has 2 aliphatic carbocycles. The molecule has 1 heterocycles. The third-order valence-electron chi connectivity index (χ3n) is 6.19. The van der Waals surface area contributed by atoms with Crippen molar-refractivity contribution in [2.24, 2.45) is 22.9 Å². The van der Waals surface area contributed by atoms with E-state index in [0.29, 0.717) is 12.5 Å². The Kier molecular flexibility index (Phi) is 4.53. The fourth-order valence-corrected chi connectivity index (χ4v) is 5.48. The first-order valence-corrected chi connectivity index (χ1v) is 10.7. The summed E-state index contributed by atoms with van der Waals surface area (Å²) in [5.74, 6) is -0.301. The number of hydrogen-bond acceptors (Lipinski definition) is 4. The van der Waals surface area contributed by atoms with Crippen molar-refractivity contribution in [1.82, 2.24) is 5.32 Å². The molecule has 0 spiro atoms. The lowest BCUT2D eigenvalue weighted by molar-refractivity contribution is -0.0784. The van der Waals surface area contributed by atoms with Gasteiger partial charge in [0.1, 0.15) is 5.82 Å². The molecule has 1 saturated heterocycles. The minimum atomic E-state index is -4.00. The first-order chi connectivity index (χ1) is 12.4. The summed E-state index contributed by atoms with van der Waals surface area (Å²) in [5.41, 5.74) is -0.288. The molecule has 26 heavy (non-hydrogen) atoms. The number of hydrogen-bond donors (Lipinski definition) is 2. The van der Waals surface area contributed by atoms with Crippen LogP contribution in [0.2, 0.25) is 0 Å². The molecular formula is C18H23FN2O4S. The topological polar surface area (TPSA) is 98.5 Å². The fraction of sp³-hybridized carbons (Fsp3) is 0.611. The Bertz CT molecular complexity index is 818. The summed E-state index contributed by atoms with van der Waals surface area (Å²) < 4.78 is 43.0. The van der Waals surface area contributed by atoms with Gasteiger partial charge in [0.2, 0.25) is 10.0 Å². The van der Waals surface area contributed by atoms with Crippen LogP contribution in [-0.2, 0) is 14.8 Å². The van der Waals surface area contributed by atoms with Crippen LogP contribution in [0.1, 0.15) is 42.5 Å². The van der Waals surface area contributed by atoms with Gasteiger partial charge in [-0.2, -0.15) is 0 Å². The van der Waals surface area contributed by atoms with Crippen molar-refractivity contribution < 1.29 is 22.3 Å². The molecule has 3 fully saturated rings. The molecule has 0 bridgehead atoms. The molecule has 0 unspecified atom stereocenters. The molecule has 142 valence electrons. The van der Waals surface area contributed by atoms with Crippen molar-refractivity contribution in [1.29, 1.82) is 0 Å². The van der Waals surface area contributed by atoms with Crippen molar-refractivity contribution >= 4 is 15.9 Å². The second-order valence-electron chi connectivity index (χ2n) is 7.60. The number of fused-ring (bicyclic) bond motifs is 1. The van der Waals surface area contributed by atoms with Gasteiger partial charge < -0.3 is 10.1 Å². The van der Waals surface area contributed by atoms with Gasteiger partial charge in [-0.05, 0) is 30.5 Å². The molecule has 0 radical (unpaired) electrons. The van der Waals surface area contributed by atoms with Gasteiger partial charge in [0.25, 0.3) is 5.91 Å². The Labute approximate surface area is 152 Å². The van der Waals surface area contributed by atoms with Crippen molar-refractivity contribution in [3.8, 4) is 0 Å². The van der Waals surface area contributed by atoms with E-state index >= 15 is 0 Å². The number of ether oxygens (including phenoxy) is 1. The summed E-state index contributed by atoms with van der Waals surface area (Å²) in [7, 11) is -4.00. The van der Waals surface area contributed by atoms with E-state index in [2.05, 4.69) is 5.32 Å². The zero-order valence-corrected chi connectivity index (χ0v) is 15.2. The highest BCUT2D eigenvalue weighted by Gasteiger charge is 2.57. The Balaban J connectivity index is 1.55. The van der Waals surface area contributed by atoms with Gasteiger partial charge in [0, 0.05) is 24.5 Å². The third kappa shape index (κ3) is 3.04. The summed E-state index contributed by atoms with van der Waals surface area (Å²) in [5, 5.41) is 8.05. The summed E-state index contributed by atoms with van der Waals surface area (Å²) in [6.45, 7) is 0.695. The number of nitrogens with two attached hydrogens (primary N) is 1. The molecule has 8 heteroatoms. The molecule has 1 aliphatic heterocycles. The number of sulfonamides is 1. The zero-order chi connectivity index (χ0) is 18.5. The molecular weight excluding hydrogens is 359 g/mol. The van der Waals surface area contributed by atoms with E-state index < -0.39 is 21.7 Å². The molecule has 4 rings (SSSR count). The average molecular weight is 382 g/mol. The van der Waals surface area contributed by atoms with E-state index in [1.54, 1.807) is 0 Å². The monoisotopic (exact) mass is 382 g/mol. The summed E-state index contributed by atoms with van der Waals surface area (Å²) in [6.07, 6.45) is 5.74. The van der Waals surface area contributed by atoms with Crippen LogP contribution in [0, 0.1) is 23.6 Å². The predicted molar refractivity (Wildman–Crippen MR) is 92.3 cm³/mol. The van der Waals surface area contributed by atoms with Gasteiger partial charge in [-0.1, -0.05) is 25.7 Å². The van der Waals surface area contributed by atoms with Gasteiger partial charge in [-0.15, -0.1) is 0 Å². The van der Waals surface area contributed by atoms with Crippen LogP contribution in [0.3, 0.4) is 0 Å². The minimum absolute atomic E-state index is 0.0457. The standard InChI is InChI=1S/C18H23FN2O4S/c19-14-6-5-11(26(20,23)24)9-13(14)18(22)21-16-12-7-8-25-17(12)15(16)10-3-1-2-4-10/h5-6,9-10,12,15-17H,1-4,7-8H2,(H,21,22)(H2,20,23,24)/t12-,15+,16-,17-/m0/s1. The van der Waals surface area contributed by atoms with Crippen molar-refractivity contribution in [3.05, 3.63) is 29.6 Å². The van der Waals surface area contributed by atoms with E-state index in [9.17, 15) is 17.6 Å². The molecule has 1 aromatic carbocycles. The smallest absolute Gasteiger partial charge is 0.254 e. The van der Waals surface area contributed by atoms with Crippen LogP contribution in [-0.4, -0.2) is 33.1 Å². The summed E-state index contributed by atoms with van der Waals surface area (Å²) in [4.78, 5) is 12.4. The molecule has 3 N–H and O–H groups in total. The fourth-order valence-electron chi connectivity index (χ4n) is 4.94. The minimum Gasteiger partial charge on any atom is -0.377 e. The Morgan fingerprint density at radius 1 is 1.23 bits per heavy atom. The summed E-state index contributed by atoms with van der Waals surface area (Å²) >= 11 is 0. The SMILES string of the molecule is NS(=O)(=O)c1ccc(F)c(C(=O)N[C@H]2[C@@H]3CCO[C@@H]3[C@@H]2C2CCCC2)c1. The molecule has 4 atom stereocenters. The molecule has 6 nitrogen and oxygen atoms in total. The van der Waals surface area contributed by atoms with E-state index in [4.69, 9.17) is 9.88 Å². The number of benzene rings is 1. The van der Waals surface area contributed by atoms with E-state index in [1.807, 2.05) is 0 Å². The van der Waals surface area contributed by atoms with Gasteiger partial charge in [0.15, 0.2) is 0 Å². The van der Waals surface area contributed by atoms with Crippen LogP contribution in [0.5, 0.6) is 0 Å². The van der Waals surface area contributed by atoms with Crippen LogP contribution in [0.4, 0.5) is 4.39 Å². The third-order valence-corrected chi connectivity index (χ3v) is 7.10. The highest BCUT2D eigenvalue weighted by atomic mass is 32.2. The van der Waals surface area contributed by atoms with Crippen molar-refractivity contribution in [2.45, 2.75) is 49.1 Å². The number of halogens is 1. The van der Waals surface area contributed by atoms with Crippen LogP contribution >= 0.6 is 0 Å². The van der Waals surface area contributed by atoms with Gasteiger partial charge in [-0.25, -0.2) is 17.9 Å². The van der Waals surface area contributed by atoms with E-state index in [0.717, 1.165) is 37.5 Å². The van der Waals surface area contributed by atoms with Gasteiger partial charge >= 0.3 is 0 Å². The predicted octanol–water partition coefficient (Wildman–Crippen LogP) is 1.80. The average Bonchev–Trinajstić information content (AvgIpc) is 3.23. The highest BCUT2D eigenvalue weighted by Crippen LogP contribution is 2.51. The lowest BCUT2D eigenvalue weighted by atomic mass is 9.61. The maximum absolute atomic E-state index is 14.1. The maximum Gasteiger partial charge on any atom is 0.254 e. The Hall–Kier alpha value is -1.51. The van der Waals surface area contributed by atoms with Crippen molar-refractivity contribution in [3.63, 3.8) is 0 Å².